The van der Waals surface area contributed by atoms with E-state index < -0.39 is 0 Å². The summed E-state index contributed by atoms with van der Waals surface area (Å²) in [6.07, 6.45) is 3.85. The van der Waals surface area contributed by atoms with Crippen LogP contribution in [0.15, 0.2) is 18.3 Å². The molecule has 0 aliphatic carbocycles. The van der Waals surface area contributed by atoms with E-state index in [-0.39, 0.29) is 5.91 Å². The number of unbranched alkanes of at least 4 members (excludes halogenated alkanes) is 1. The second-order valence-corrected chi connectivity index (χ2v) is 4.66. The molecule has 4 heteroatoms. The molecule has 0 aromatic carbocycles. The maximum Gasteiger partial charge on any atom is 0.253 e. The molecule has 1 amide bonds. The van der Waals surface area contributed by atoms with Gasteiger partial charge in [-0.25, -0.2) is 4.98 Å². The molecule has 0 aliphatic heterocycles. The zero-order chi connectivity index (χ0) is 14.3. The summed E-state index contributed by atoms with van der Waals surface area (Å²) in [7, 11) is 1.86. The molecular formula is C15H25N3O. The number of rotatable bonds is 7. The van der Waals surface area contributed by atoms with E-state index >= 15 is 0 Å². The van der Waals surface area contributed by atoms with Crippen LogP contribution in [0.25, 0.3) is 0 Å². The first kappa shape index (κ1) is 15.5. The molecule has 0 radical (unpaired) electrons. The highest BCUT2D eigenvalue weighted by molar-refractivity contribution is 5.94. The van der Waals surface area contributed by atoms with E-state index in [2.05, 4.69) is 30.7 Å². The summed E-state index contributed by atoms with van der Waals surface area (Å²) in [4.78, 5) is 20.5. The first-order valence-electron chi connectivity index (χ1n) is 7.10. The van der Waals surface area contributed by atoms with Crippen LogP contribution >= 0.6 is 0 Å². The smallest absolute Gasteiger partial charge is 0.253 e. The lowest BCUT2D eigenvalue weighted by Gasteiger charge is -2.21. The van der Waals surface area contributed by atoms with Crippen molar-refractivity contribution < 1.29 is 4.79 Å². The van der Waals surface area contributed by atoms with Crippen LogP contribution in [0.2, 0.25) is 0 Å². The van der Waals surface area contributed by atoms with Gasteiger partial charge < -0.3 is 9.80 Å². The standard InChI is InChI=1S/C15H25N3O/c1-5-8-11-17(4)15(19)13-9-10-16-14(12-13)18(6-2)7-3/h9-10,12H,5-8,11H2,1-4H3. The Balaban J connectivity index is 2.83. The fourth-order valence-electron chi connectivity index (χ4n) is 1.99. The summed E-state index contributed by atoms with van der Waals surface area (Å²) >= 11 is 0. The third-order valence-electron chi connectivity index (χ3n) is 3.27. The van der Waals surface area contributed by atoms with Gasteiger partial charge in [-0.15, -0.1) is 0 Å². The van der Waals surface area contributed by atoms with Gasteiger partial charge >= 0.3 is 0 Å². The SMILES string of the molecule is CCCCN(C)C(=O)c1ccnc(N(CC)CC)c1. The van der Waals surface area contributed by atoms with Crippen molar-refractivity contribution in [3.63, 3.8) is 0 Å². The van der Waals surface area contributed by atoms with Gasteiger partial charge in [-0.05, 0) is 32.4 Å². The summed E-state index contributed by atoms with van der Waals surface area (Å²) in [5.74, 6) is 0.948. The molecule has 0 N–H and O–H groups in total. The van der Waals surface area contributed by atoms with Crippen LogP contribution in [0.3, 0.4) is 0 Å². The molecule has 4 nitrogen and oxygen atoms in total. The van der Waals surface area contributed by atoms with Crippen LogP contribution in [0, 0.1) is 0 Å². The first-order chi connectivity index (χ1) is 9.13. The molecule has 1 aromatic rings. The fourth-order valence-corrected chi connectivity index (χ4v) is 1.99. The molecule has 1 rings (SSSR count). The Bertz CT molecular complexity index is 402. The van der Waals surface area contributed by atoms with Gasteiger partial charge in [-0.1, -0.05) is 13.3 Å². The fraction of sp³-hybridized carbons (Fsp3) is 0.600. The molecule has 0 unspecified atom stereocenters. The lowest BCUT2D eigenvalue weighted by Crippen LogP contribution is -2.28. The minimum absolute atomic E-state index is 0.0734. The Morgan fingerprint density at radius 1 is 1.26 bits per heavy atom. The number of pyridine rings is 1. The van der Waals surface area contributed by atoms with E-state index in [0.717, 1.165) is 43.9 Å². The van der Waals surface area contributed by atoms with Crippen molar-refractivity contribution in [2.75, 3.05) is 31.6 Å². The average Bonchev–Trinajstić information content (AvgIpc) is 2.45. The van der Waals surface area contributed by atoms with Crippen molar-refractivity contribution in [2.24, 2.45) is 0 Å². The lowest BCUT2D eigenvalue weighted by molar-refractivity contribution is 0.0793. The molecule has 0 fully saturated rings. The van der Waals surface area contributed by atoms with Crippen LogP contribution in [-0.4, -0.2) is 42.5 Å². The van der Waals surface area contributed by atoms with Gasteiger partial charge in [-0.3, -0.25) is 4.79 Å². The van der Waals surface area contributed by atoms with Gasteiger partial charge in [0.2, 0.25) is 0 Å². The molecule has 0 saturated heterocycles. The highest BCUT2D eigenvalue weighted by atomic mass is 16.2. The van der Waals surface area contributed by atoms with Crippen LogP contribution < -0.4 is 4.90 Å². The quantitative estimate of drug-likeness (QED) is 0.759. The van der Waals surface area contributed by atoms with Gasteiger partial charge in [-0.2, -0.15) is 0 Å². The van der Waals surface area contributed by atoms with Crippen LogP contribution in [0.4, 0.5) is 5.82 Å². The van der Waals surface area contributed by atoms with E-state index in [1.165, 1.54) is 0 Å². The number of carbonyl (C=O) groups is 1. The average molecular weight is 263 g/mol. The predicted octanol–water partition coefficient (Wildman–Crippen LogP) is 2.80. The second kappa shape index (κ2) is 7.77. The van der Waals surface area contributed by atoms with Crippen LogP contribution in [-0.2, 0) is 0 Å². The van der Waals surface area contributed by atoms with E-state index in [9.17, 15) is 4.79 Å². The maximum atomic E-state index is 12.3. The van der Waals surface area contributed by atoms with Gasteiger partial charge in [0, 0.05) is 38.4 Å². The van der Waals surface area contributed by atoms with Crippen molar-refractivity contribution in [1.82, 2.24) is 9.88 Å². The van der Waals surface area contributed by atoms with Crippen LogP contribution in [0.1, 0.15) is 44.0 Å². The molecule has 0 aliphatic rings. The Kier molecular flexibility index (Phi) is 6.33. The zero-order valence-electron chi connectivity index (χ0n) is 12.5. The Labute approximate surface area is 116 Å². The Morgan fingerprint density at radius 3 is 2.53 bits per heavy atom. The molecule has 0 saturated carbocycles. The molecule has 0 spiro atoms. The van der Waals surface area contributed by atoms with Gasteiger partial charge in [0.15, 0.2) is 0 Å². The molecular weight excluding hydrogens is 238 g/mol. The Hall–Kier alpha value is -1.58. The molecule has 1 aromatic heterocycles. The summed E-state index contributed by atoms with van der Waals surface area (Å²) in [5, 5.41) is 0. The van der Waals surface area contributed by atoms with Crippen molar-refractivity contribution in [1.29, 1.82) is 0 Å². The van der Waals surface area contributed by atoms with Gasteiger partial charge in [0.1, 0.15) is 5.82 Å². The Morgan fingerprint density at radius 2 is 1.95 bits per heavy atom. The number of hydrogen-bond donors (Lipinski definition) is 0. The van der Waals surface area contributed by atoms with Crippen molar-refractivity contribution in [2.45, 2.75) is 33.6 Å². The second-order valence-electron chi connectivity index (χ2n) is 4.66. The number of aromatic nitrogens is 1. The van der Waals surface area contributed by atoms with Crippen molar-refractivity contribution in [3.05, 3.63) is 23.9 Å². The highest BCUT2D eigenvalue weighted by Gasteiger charge is 2.13. The number of nitrogens with zero attached hydrogens (tertiary/aromatic N) is 3. The highest BCUT2D eigenvalue weighted by Crippen LogP contribution is 2.13. The summed E-state index contributed by atoms with van der Waals surface area (Å²) < 4.78 is 0. The summed E-state index contributed by atoms with van der Waals surface area (Å²) in [6.45, 7) is 8.90. The number of amides is 1. The minimum atomic E-state index is 0.0734. The van der Waals surface area contributed by atoms with Gasteiger partial charge in [0.05, 0.1) is 0 Å². The molecule has 1 heterocycles. The summed E-state index contributed by atoms with van der Waals surface area (Å²) in [6, 6.07) is 3.68. The summed E-state index contributed by atoms with van der Waals surface area (Å²) in [5.41, 5.74) is 0.718. The van der Waals surface area contributed by atoms with E-state index in [1.54, 1.807) is 17.2 Å². The topological polar surface area (TPSA) is 36.4 Å². The molecule has 0 atom stereocenters. The van der Waals surface area contributed by atoms with E-state index in [1.807, 2.05) is 13.1 Å². The van der Waals surface area contributed by atoms with Crippen LogP contribution in [0.5, 0.6) is 0 Å². The minimum Gasteiger partial charge on any atom is -0.357 e. The zero-order valence-corrected chi connectivity index (χ0v) is 12.5. The van der Waals surface area contributed by atoms with E-state index in [4.69, 9.17) is 0 Å². The normalized spacial score (nSPS) is 10.3. The lowest BCUT2D eigenvalue weighted by atomic mass is 10.2. The van der Waals surface area contributed by atoms with E-state index in [0.29, 0.717) is 0 Å². The number of anilines is 1. The number of carbonyl (C=O) groups excluding carboxylic acids is 1. The largest absolute Gasteiger partial charge is 0.357 e. The molecule has 19 heavy (non-hydrogen) atoms. The number of hydrogen-bond acceptors (Lipinski definition) is 3. The molecule has 0 bridgehead atoms. The third-order valence-corrected chi connectivity index (χ3v) is 3.27. The van der Waals surface area contributed by atoms with Crippen molar-refractivity contribution >= 4 is 11.7 Å². The first-order valence-corrected chi connectivity index (χ1v) is 7.10. The third kappa shape index (κ3) is 4.23. The predicted molar refractivity (Wildman–Crippen MR) is 79.7 cm³/mol. The maximum absolute atomic E-state index is 12.3. The van der Waals surface area contributed by atoms with Gasteiger partial charge in [0.25, 0.3) is 5.91 Å². The monoisotopic (exact) mass is 263 g/mol. The van der Waals surface area contributed by atoms with Crippen molar-refractivity contribution in [3.8, 4) is 0 Å². The molecule has 106 valence electrons.